The predicted octanol–water partition coefficient (Wildman–Crippen LogP) is 3.34. The van der Waals surface area contributed by atoms with Gasteiger partial charge in [0.25, 0.3) is 0 Å². The number of anilines is 1. The maximum atomic E-state index is 12.7. The highest BCUT2D eigenvalue weighted by atomic mass is 16.4. The zero-order valence-electron chi connectivity index (χ0n) is 17.3. The number of fused-ring (bicyclic) bond motifs is 2. The fraction of sp³-hybridized carbons (Fsp3) is 0.348. The van der Waals surface area contributed by atoms with Gasteiger partial charge in [-0.25, -0.2) is 9.78 Å². The van der Waals surface area contributed by atoms with Gasteiger partial charge in [-0.05, 0) is 44.6 Å². The van der Waals surface area contributed by atoms with Crippen LogP contribution in [0.4, 0.5) is 5.69 Å². The maximum Gasteiger partial charge on any atom is 0.345 e. The van der Waals surface area contributed by atoms with Crippen LogP contribution in [0.1, 0.15) is 19.0 Å². The van der Waals surface area contributed by atoms with Crippen molar-refractivity contribution in [1.82, 2.24) is 19.3 Å². The van der Waals surface area contributed by atoms with E-state index in [0.717, 1.165) is 55.9 Å². The van der Waals surface area contributed by atoms with Gasteiger partial charge in [0.05, 0.1) is 23.1 Å². The minimum absolute atomic E-state index is 0.374. The van der Waals surface area contributed by atoms with Crippen LogP contribution in [0.25, 0.3) is 27.9 Å². The number of hydrogen-bond donors (Lipinski definition) is 0. The monoisotopic (exact) mass is 403 g/mol. The van der Waals surface area contributed by atoms with E-state index in [4.69, 9.17) is 4.42 Å². The first-order valence-corrected chi connectivity index (χ1v) is 10.5. The molecule has 0 radical (unpaired) electrons. The number of rotatable bonds is 3. The van der Waals surface area contributed by atoms with Crippen molar-refractivity contribution >= 4 is 22.3 Å². The molecule has 7 nitrogen and oxygen atoms in total. The Morgan fingerprint density at radius 1 is 1.10 bits per heavy atom. The summed E-state index contributed by atoms with van der Waals surface area (Å²) in [6, 6.07) is 8.00. The number of nitrogens with zero attached hydrogens (tertiary/aromatic N) is 5. The first-order chi connectivity index (χ1) is 14.6. The molecule has 5 rings (SSSR count). The van der Waals surface area contributed by atoms with Crippen molar-refractivity contribution in [2.45, 2.75) is 20.3 Å². The van der Waals surface area contributed by atoms with Crippen LogP contribution < -0.4 is 10.5 Å². The summed E-state index contributed by atoms with van der Waals surface area (Å²) in [6.07, 6.45) is 6.57. The quantitative estimate of drug-likeness (QED) is 0.489. The average molecular weight is 403 g/mol. The van der Waals surface area contributed by atoms with Crippen molar-refractivity contribution in [3.63, 3.8) is 0 Å². The summed E-state index contributed by atoms with van der Waals surface area (Å²) in [4.78, 5) is 26.4. The third-order valence-corrected chi connectivity index (χ3v) is 5.87. The summed E-state index contributed by atoms with van der Waals surface area (Å²) in [6.45, 7) is 9.40. The first kappa shape index (κ1) is 18.8. The van der Waals surface area contributed by atoms with Gasteiger partial charge >= 0.3 is 5.63 Å². The minimum Gasteiger partial charge on any atom is -0.422 e. The van der Waals surface area contributed by atoms with Crippen LogP contribution in [0, 0.1) is 6.92 Å². The molecule has 1 aromatic carbocycles. The molecule has 0 spiro atoms. The summed E-state index contributed by atoms with van der Waals surface area (Å²) < 4.78 is 7.59. The Morgan fingerprint density at radius 2 is 2.00 bits per heavy atom. The second-order valence-corrected chi connectivity index (χ2v) is 7.86. The number of aryl methyl sites for hydroxylation is 1. The van der Waals surface area contributed by atoms with E-state index in [-0.39, 0.29) is 5.63 Å². The highest BCUT2D eigenvalue weighted by Gasteiger charge is 2.16. The Kier molecular flexibility index (Phi) is 4.75. The molecule has 0 amide bonds. The Bertz CT molecular complexity index is 1280. The molecular formula is C23H25N5O2. The summed E-state index contributed by atoms with van der Waals surface area (Å²) in [7, 11) is 0. The summed E-state index contributed by atoms with van der Waals surface area (Å²) in [5.74, 6) is 0. The fourth-order valence-electron chi connectivity index (χ4n) is 4.15. The molecule has 0 unspecified atom stereocenters. The van der Waals surface area contributed by atoms with Crippen LogP contribution in [0.15, 0.2) is 52.1 Å². The molecule has 3 aromatic heterocycles. The van der Waals surface area contributed by atoms with E-state index in [1.807, 2.05) is 41.9 Å². The number of aromatic nitrogens is 3. The molecule has 0 bridgehead atoms. The molecule has 30 heavy (non-hydrogen) atoms. The van der Waals surface area contributed by atoms with Crippen molar-refractivity contribution in [3.05, 3.63) is 59.0 Å². The molecule has 0 atom stereocenters. The standard InChI is InChI=1S/C23H25N5O2/c1-3-26-7-4-8-27(10-9-26)18-6-5-17-11-19(23(29)30-21(17)12-18)20-15-28-14-16(2)24-13-22(28)25-20/h5-6,11-15H,3-4,7-10H2,1-2H3. The highest BCUT2D eigenvalue weighted by Crippen LogP contribution is 2.26. The van der Waals surface area contributed by atoms with E-state index in [1.165, 1.54) is 0 Å². The lowest BCUT2D eigenvalue weighted by Crippen LogP contribution is -2.30. The summed E-state index contributed by atoms with van der Waals surface area (Å²) in [5, 5.41) is 0.893. The molecule has 1 aliphatic rings. The van der Waals surface area contributed by atoms with Gasteiger partial charge in [0.15, 0.2) is 5.65 Å². The normalized spacial score (nSPS) is 15.7. The molecule has 0 aliphatic carbocycles. The van der Waals surface area contributed by atoms with Crippen LogP contribution in [0.2, 0.25) is 0 Å². The van der Waals surface area contributed by atoms with Crippen LogP contribution >= 0.6 is 0 Å². The van der Waals surface area contributed by atoms with Crippen LogP contribution in [0.5, 0.6) is 0 Å². The van der Waals surface area contributed by atoms with Gasteiger partial charge < -0.3 is 18.6 Å². The highest BCUT2D eigenvalue weighted by molar-refractivity contribution is 5.84. The van der Waals surface area contributed by atoms with Gasteiger partial charge in [0.2, 0.25) is 0 Å². The number of imidazole rings is 1. The van der Waals surface area contributed by atoms with E-state index in [9.17, 15) is 4.79 Å². The third-order valence-electron chi connectivity index (χ3n) is 5.87. The van der Waals surface area contributed by atoms with Crippen molar-refractivity contribution in [3.8, 4) is 11.3 Å². The Balaban J connectivity index is 1.50. The average Bonchev–Trinajstić information content (AvgIpc) is 3.00. The molecule has 1 aliphatic heterocycles. The van der Waals surface area contributed by atoms with Gasteiger partial charge in [0, 0.05) is 49.2 Å². The largest absolute Gasteiger partial charge is 0.422 e. The van der Waals surface area contributed by atoms with Gasteiger partial charge in [-0.1, -0.05) is 6.92 Å². The zero-order chi connectivity index (χ0) is 20.7. The first-order valence-electron chi connectivity index (χ1n) is 10.5. The van der Waals surface area contributed by atoms with E-state index in [1.54, 1.807) is 6.20 Å². The molecule has 4 aromatic rings. The molecule has 0 N–H and O–H groups in total. The van der Waals surface area contributed by atoms with Crippen molar-refractivity contribution in [2.24, 2.45) is 0 Å². The van der Waals surface area contributed by atoms with E-state index in [0.29, 0.717) is 22.5 Å². The summed E-state index contributed by atoms with van der Waals surface area (Å²) in [5.41, 5.74) is 3.98. The van der Waals surface area contributed by atoms with E-state index in [2.05, 4.69) is 32.8 Å². The second kappa shape index (κ2) is 7.57. The van der Waals surface area contributed by atoms with E-state index < -0.39 is 0 Å². The lowest BCUT2D eigenvalue weighted by molar-refractivity contribution is 0.310. The van der Waals surface area contributed by atoms with Crippen molar-refractivity contribution in [2.75, 3.05) is 37.6 Å². The fourth-order valence-corrected chi connectivity index (χ4v) is 4.15. The summed E-state index contributed by atoms with van der Waals surface area (Å²) >= 11 is 0. The molecule has 1 saturated heterocycles. The van der Waals surface area contributed by atoms with Gasteiger partial charge in [-0.3, -0.25) is 4.98 Å². The van der Waals surface area contributed by atoms with Crippen molar-refractivity contribution in [1.29, 1.82) is 0 Å². The molecule has 0 saturated carbocycles. The molecule has 1 fully saturated rings. The minimum atomic E-state index is -0.374. The number of hydrogen-bond acceptors (Lipinski definition) is 6. The van der Waals surface area contributed by atoms with Crippen LogP contribution in [0.3, 0.4) is 0 Å². The van der Waals surface area contributed by atoms with Gasteiger partial charge in [-0.2, -0.15) is 0 Å². The number of likely N-dealkylation sites (N-methyl/N-ethyl adjacent to an activating group) is 1. The Morgan fingerprint density at radius 3 is 2.87 bits per heavy atom. The SMILES string of the molecule is CCN1CCCN(c2ccc3cc(-c4cn5cc(C)ncc5n4)c(=O)oc3c2)CC1. The lowest BCUT2D eigenvalue weighted by atomic mass is 10.1. The van der Waals surface area contributed by atoms with Crippen LogP contribution in [-0.4, -0.2) is 52.0 Å². The van der Waals surface area contributed by atoms with E-state index >= 15 is 0 Å². The predicted molar refractivity (Wildman–Crippen MR) is 118 cm³/mol. The zero-order valence-corrected chi connectivity index (χ0v) is 17.3. The Labute approximate surface area is 174 Å². The van der Waals surface area contributed by atoms with Crippen molar-refractivity contribution < 1.29 is 4.42 Å². The Hall–Kier alpha value is -3.19. The smallest absolute Gasteiger partial charge is 0.345 e. The maximum absolute atomic E-state index is 12.7. The van der Waals surface area contributed by atoms with Crippen LogP contribution in [-0.2, 0) is 0 Å². The van der Waals surface area contributed by atoms with Gasteiger partial charge in [-0.15, -0.1) is 0 Å². The third kappa shape index (κ3) is 3.45. The molecule has 7 heteroatoms. The molecule has 154 valence electrons. The topological polar surface area (TPSA) is 66.9 Å². The molecule has 4 heterocycles. The van der Waals surface area contributed by atoms with Gasteiger partial charge in [0.1, 0.15) is 5.58 Å². The lowest BCUT2D eigenvalue weighted by Gasteiger charge is -2.23. The second-order valence-electron chi connectivity index (χ2n) is 7.86. The number of benzene rings is 1. The molecular weight excluding hydrogens is 378 g/mol.